The number of carbonyl (C=O) groups excluding carboxylic acids is 2. The average Bonchev–Trinajstić information content (AvgIpc) is 2.65. The highest BCUT2D eigenvalue weighted by molar-refractivity contribution is 5.97. The quantitative estimate of drug-likeness (QED) is 0.725. The molecule has 2 aromatic rings. The van der Waals surface area contributed by atoms with Crippen LogP contribution < -0.4 is 16.4 Å². The Labute approximate surface area is 148 Å². The zero-order chi connectivity index (χ0) is 18.2. The zero-order valence-electron chi connectivity index (χ0n) is 14.7. The molecule has 0 heterocycles. The third kappa shape index (κ3) is 5.16. The maximum atomic E-state index is 12.5. The third-order valence-electron chi connectivity index (χ3n) is 4.06. The fourth-order valence-electron chi connectivity index (χ4n) is 2.46. The first-order valence-corrected chi connectivity index (χ1v) is 8.52. The zero-order valence-corrected chi connectivity index (χ0v) is 14.7. The molecule has 0 saturated carbocycles. The van der Waals surface area contributed by atoms with Crippen molar-refractivity contribution in [3.05, 3.63) is 65.7 Å². The van der Waals surface area contributed by atoms with Gasteiger partial charge in [-0.3, -0.25) is 9.59 Å². The van der Waals surface area contributed by atoms with Crippen molar-refractivity contribution in [3.8, 4) is 0 Å². The number of hydrogen-bond donors (Lipinski definition) is 3. The molecule has 2 atom stereocenters. The first-order valence-electron chi connectivity index (χ1n) is 8.52. The van der Waals surface area contributed by atoms with E-state index in [0.717, 1.165) is 12.0 Å². The van der Waals surface area contributed by atoms with Gasteiger partial charge in [-0.25, -0.2) is 0 Å². The summed E-state index contributed by atoms with van der Waals surface area (Å²) in [5.41, 5.74) is 8.22. The topological polar surface area (TPSA) is 84.2 Å². The Hall–Kier alpha value is -2.66. The normalized spacial score (nSPS) is 12.9. The van der Waals surface area contributed by atoms with Crippen molar-refractivity contribution in [1.29, 1.82) is 0 Å². The molecule has 2 amide bonds. The van der Waals surface area contributed by atoms with E-state index >= 15 is 0 Å². The van der Waals surface area contributed by atoms with Gasteiger partial charge in [0.1, 0.15) is 0 Å². The summed E-state index contributed by atoms with van der Waals surface area (Å²) in [4.78, 5) is 24.5. The van der Waals surface area contributed by atoms with Gasteiger partial charge in [0.25, 0.3) is 5.91 Å². The molecule has 25 heavy (non-hydrogen) atoms. The standard InChI is InChI=1S/C20H25N3O2/c1-3-12-22-20(25)16-10-7-11-17(13-16)23-19(24)14(2)18(21)15-8-5-4-6-9-15/h4-11,13-14,18H,3,12,21H2,1-2H3,(H,22,25)(H,23,24). The van der Waals surface area contributed by atoms with Crippen LogP contribution in [-0.2, 0) is 4.79 Å². The highest BCUT2D eigenvalue weighted by Gasteiger charge is 2.22. The monoisotopic (exact) mass is 339 g/mol. The Bertz CT molecular complexity index is 716. The van der Waals surface area contributed by atoms with Crippen LogP contribution in [0.25, 0.3) is 0 Å². The molecule has 0 fully saturated rings. The molecule has 132 valence electrons. The van der Waals surface area contributed by atoms with E-state index in [9.17, 15) is 9.59 Å². The van der Waals surface area contributed by atoms with Gasteiger partial charge in [0.05, 0.1) is 5.92 Å². The number of amides is 2. The largest absolute Gasteiger partial charge is 0.352 e. The van der Waals surface area contributed by atoms with Crippen molar-refractivity contribution in [1.82, 2.24) is 5.32 Å². The molecule has 0 bridgehead atoms. The van der Waals surface area contributed by atoms with Crippen molar-refractivity contribution < 1.29 is 9.59 Å². The summed E-state index contributed by atoms with van der Waals surface area (Å²) in [6.07, 6.45) is 0.872. The van der Waals surface area contributed by atoms with Gasteiger partial charge >= 0.3 is 0 Å². The molecule has 0 radical (unpaired) electrons. The van der Waals surface area contributed by atoms with Crippen LogP contribution in [0.1, 0.15) is 42.2 Å². The summed E-state index contributed by atoms with van der Waals surface area (Å²) < 4.78 is 0. The van der Waals surface area contributed by atoms with Crippen LogP contribution in [0.3, 0.4) is 0 Å². The molecule has 2 aromatic carbocycles. The minimum atomic E-state index is -0.403. The van der Waals surface area contributed by atoms with Gasteiger partial charge in [0, 0.05) is 23.8 Å². The molecule has 2 rings (SSSR count). The Morgan fingerprint density at radius 2 is 1.80 bits per heavy atom. The van der Waals surface area contributed by atoms with Crippen molar-refractivity contribution in [2.45, 2.75) is 26.3 Å². The van der Waals surface area contributed by atoms with Crippen LogP contribution in [0, 0.1) is 5.92 Å². The Balaban J connectivity index is 2.03. The van der Waals surface area contributed by atoms with Crippen LogP contribution in [-0.4, -0.2) is 18.4 Å². The van der Waals surface area contributed by atoms with Crippen LogP contribution in [0.4, 0.5) is 5.69 Å². The second kappa shape index (κ2) is 8.99. The SMILES string of the molecule is CCCNC(=O)c1cccc(NC(=O)C(C)C(N)c2ccccc2)c1. The molecular weight excluding hydrogens is 314 g/mol. The minimum absolute atomic E-state index is 0.146. The van der Waals surface area contributed by atoms with Crippen LogP contribution in [0.2, 0.25) is 0 Å². The molecule has 4 N–H and O–H groups in total. The third-order valence-corrected chi connectivity index (χ3v) is 4.06. The Morgan fingerprint density at radius 1 is 1.08 bits per heavy atom. The lowest BCUT2D eigenvalue weighted by Gasteiger charge is -2.20. The maximum Gasteiger partial charge on any atom is 0.251 e. The Morgan fingerprint density at radius 3 is 2.48 bits per heavy atom. The highest BCUT2D eigenvalue weighted by Crippen LogP contribution is 2.21. The van der Waals surface area contributed by atoms with Crippen LogP contribution in [0.5, 0.6) is 0 Å². The number of nitrogens with one attached hydrogen (secondary N) is 2. The highest BCUT2D eigenvalue weighted by atomic mass is 16.2. The number of rotatable bonds is 7. The van der Waals surface area contributed by atoms with Gasteiger partial charge in [-0.05, 0) is 30.2 Å². The van der Waals surface area contributed by atoms with Crippen molar-refractivity contribution in [2.24, 2.45) is 11.7 Å². The van der Waals surface area contributed by atoms with Crippen LogP contribution in [0.15, 0.2) is 54.6 Å². The van der Waals surface area contributed by atoms with Crippen molar-refractivity contribution in [2.75, 3.05) is 11.9 Å². The minimum Gasteiger partial charge on any atom is -0.352 e. The molecule has 0 saturated heterocycles. The van der Waals surface area contributed by atoms with E-state index in [1.54, 1.807) is 31.2 Å². The van der Waals surface area contributed by atoms with Gasteiger partial charge in [0.2, 0.25) is 5.91 Å². The van der Waals surface area contributed by atoms with Crippen molar-refractivity contribution in [3.63, 3.8) is 0 Å². The van der Waals surface area contributed by atoms with Gasteiger partial charge < -0.3 is 16.4 Å². The molecule has 5 nitrogen and oxygen atoms in total. The van der Waals surface area contributed by atoms with Gasteiger partial charge in [-0.2, -0.15) is 0 Å². The van der Waals surface area contributed by atoms with Crippen molar-refractivity contribution >= 4 is 17.5 Å². The van der Waals surface area contributed by atoms with Crippen LogP contribution >= 0.6 is 0 Å². The van der Waals surface area contributed by atoms with E-state index in [1.807, 2.05) is 37.3 Å². The Kier molecular flexibility index (Phi) is 6.71. The van der Waals surface area contributed by atoms with E-state index in [2.05, 4.69) is 10.6 Å². The number of hydrogen-bond acceptors (Lipinski definition) is 3. The van der Waals surface area contributed by atoms with E-state index in [1.165, 1.54) is 0 Å². The smallest absolute Gasteiger partial charge is 0.251 e. The number of anilines is 1. The summed E-state index contributed by atoms with van der Waals surface area (Å²) >= 11 is 0. The first kappa shape index (κ1) is 18.7. The second-order valence-corrected chi connectivity index (χ2v) is 6.05. The summed E-state index contributed by atoms with van der Waals surface area (Å²) in [6, 6.07) is 16.0. The number of nitrogens with two attached hydrogens (primary N) is 1. The van der Waals surface area contributed by atoms with Gasteiger partial charge in [-0.15, -0.1) is 0 Å². The lowest BCUT2D eigenvalue weighted by atomic mass is 9.94. The van der Waals surface area contributed by atoms with E-state index in [0.29, 0.717) is 17.8 Å². The van der Waals surface area contributed by atoms with E-state index in [-0.39, 0.29) is 11.8 Å². The number of benzene rings is 2. The predicted molar refractivity (Wildman–Crippen MR) is 100 cm³/mol. The van der Waals surface area contributed by atoms with Gasteiger partial charge in [0.15, 0.2) is 0 Å². The second-order valence-electron chi connectivity index (χ2n) is 6.05. The summed E-state index contributed by atoms with van der Waals surface area (Å²) in [6.45, 7) is 4.41. The lowest BCUT2D eigenvalue weighted by Crippen LogP contribution is -2.30. The predicted octanol–water partition coefficient (Wildman–Crippen LogP) is 3.10. The average molecular weight is 339 g/mol. The van der Waals surface area contributed by atoms with E-state index in [4.69, 9.17) is 5.73 Å². The number of carbonyl (C=O) groups is 2. The molecule has 0 spiro atoms. The summed E-state index contributed by atoms with van der Waals surface area (Å²) in [5.74, 6) is -0.727. The first-order chi connectivity index (χ1) is 12.0. The molecule has 0 aromatic heterocycles. The fraction of sp³-hybridized carbons (Fsp3) is 0.300. The molecule has 0 aliphatic carbocycles. The van der Waals surface area contributed by atoms with Gasteiger partial charge in [-0.1, -0.05) is 50.2 Å². The molecule has 0 aliphatic rings. The lowest BCUT2D eigenvalue weighted by molar-refractivity contribution is -0.120. The molecule has 2 unspecified atom stereocenters. The summed E-state index contributed by atoms with van der Waals surface area (Å²) in [7, 11) is 0. The van der Waals surface area contributed by atoms with E-state index < -0.39 is 12.0 Å². The molecular formula is C20H25N3O2. The fourth-order valence-corrected chi connectivity index (χ4v) is 2.46. The maximum absolute atomic E-state index is 12.5. The molecule has 5 heteroatoms. The summed E-state index contributed by atoms with van der Waals surface area (Å²) in [5, 5.41) is 5.66. The molecule has 0 aliphatic heterocycles.